The van der Waals surface area contributed by atoms with Gasteiger partial charge >= 0.3 is 0 Å². The van der Waals surface area contributed by atoms with E-state index in [0.29, 0.717) is 17.6 Å². The summed E-state index contributed by atoms with van der Waals surface area (Å²) in [6.07, 6.45) is 0. The number of benzene rings is 1. The number of rotatable bonds is 2. The SMILES string of the molecule is CC1CN(c2cccc(F)c2CO)CC(C)N1C. The van der Waals surface area contributed by atoms with Crippen molar-refractivity contribution in [3.05, 3.63) is 29.6 Å². The van der Waals surface area contributed by atoms with Gasteiger partial charge in [-0.15, -0.1) is 0 Å². The van der Waals surface area contributed by atoms with Gasteiger partial charge in [0.1, 0.15) is 5.82 Å². The van der Waals surface area contributed by atoms with Crippen LogP contribution >= 0.6 is 0 Å². The second-order valence-electron chi connectivity index (χ2n) is 5.16. The van der Waals surface area contributed by atoms with Crippen LogP contribution in [0.1, 0.15) is 19.4 Å². The van der Waals surface area contributed by atoms with Crippen molar-refractivity contribution in [2.45, 2.75) is 32.5 Å². The van der Waals surface area contributed by atoms with Crippen LogP contribution in [0.25, 0.3) is 0 Å². The minimum atomic E-state index is -0.325. The number of hydrogen-bond acceptors (Lipinski definition) is 3. The van der Waals surface area contributed by atoms with E-state index in [1.54, 1.807) is 6.07 Å². The number of likely N-dealkylation sites (N-methyl/N-ethyl adjacent to an activating group) is 1. The molecule has 2 rings (SSSR count). The summed E-state index contributed by atoms with van der Waals surface area (Å²) in [6, 6.07) is 5.83. The highest BCUT2D eigenvalue weighted by Crippen LogP contribution is 2.27. The average Bonchev–Trinajstić information content (AvgIpc) is 2.35. The van der Waals surface area contributed by atoms with Crippen molar-refractivity contribution in [1.82, 2.24) is 4.90 Å². The number of piperazine rings is 1. The number of hydrogen-bond donors (Lipinski definition) is 1. The Balaban J connectivity index is 2.29. The lowest BCUT2D eigenvalue weighted by molar-refractivity contribution is 0.169. The molecule has 1 aliphatic rings. The quantitative estimate of drug-likeness (QED) is 0.870. The van der Waals surface area contributed by atoms with Gasteiger partial charge in [0.2, 0.25) is 0 Å². The van der Waals surface area contributed by atoms with Crippen molar-refractivity contribution in [1.29, 1.82) is 0 Å². The van der Waals surface area contributed by atoms with Gasteiger partial charge in [-0.05, 0) is 33.0 Å². The maximum Gasteiger partial charge on any atom is 0.130 e. The van der Waals surface area contributed by atoms with Gasteiger partial charge in [0.15, 0.2) is 0 Å². The van der Waals surface area contributed by atoms with Gasteiger partial charge in [-0.25, -0.2) is 4.39 Å². The maximum atomic E-state index is 13.7. The number of anilines is 1. The van der Waals surface area contributed by atoms with E-state index in [1.165, 1.54) is 6.07 Å². The molecular formula is C14H21FN2O. The molecule has 1 fully saturated rings. The molecule has 0 aromatic heterocycles. The summed E-state index contributed by atoms with van der Waals surface area (Å²) in [4.78, 5) is 4.50. The van der Waals surface area contributed by atoms with E-state index in [4.69, 9.17) is 0 Å². The van der Waals surface area contributed by atoms with Gasteiger partial charge < -0.3 is 10.0 Å². The first-order valence-electron chi connectivity index (χ1n) is 6.39. The van der Waals surface area contributed by atoms with E-state index in [-0.39, 0.29) is 12.4 Å². The summed E-state index contributed by atoms with van der Waals surface area (Å²) >= 11 is 0. The second-order valence-corrected chi connectivity index (χ2v) is 5.16. The molecule has 1 aromatic carbocycles. The van der Waals surface area contributed by atoms with E-state index >= 15 is 0 Å². The Morgan fingerprint density at radius 2 is 1.89 bits per heavy atom. The zero-order valence-electron chi connectivity index (χ0n) is 11.2. The minimum Gasteiger partial charge on any atom is -0.391 e. The lowest BCUT2D eigenvalue weighted by atomic mass is 10.1. The Morgan fingerprint density at radius 3 is 2.44 bits per heavy atom. The first kappa shape index (κ1) is 13.3. The van der Waals surface area contributed by atoms with Crippen molar-refractivity contribution in [2.24, 2.45) is 0 Å². The van der Waals surface area contributed by atoms with E-state index in [0.717, 1.165) is 18.8 Å². The van der Waals surface area contributed by atoms with Crippen molar-refractivity contribution >= 4 is 5.69 Å². The van der Waals surface area contributed by atoms with E-state index in [9.17, 15) is 9.50 Å². The highest BCUT2D eigenvalue weighted by Gasteiger charge is 2.28. The van der Waals surface area contributed by atoms with Gasteiger partial charge in [0.05, 0.1) is 6.61 Å². The molecule has 1 saturated heterocycles. The fraction of sp³-hybridized carbons (Fsp3) is 0.571. The molecule has 1 heterocycles. The molecule has 1 aromatic rings. The summed E-state index contributed by atoms with van der Waals surface area (Å²) in [5.41, 5.74) is 1.23. The Morgan fingerprint density at radius 1 is 1.28 bits per heavy atom. The highest BCUT2D eigenvalue weighted by atomic mass is 19.1. The van der Waals surface area contributed by atoms with Gasteiger partial charge in [-0.2, -0.15) is 0 Å². The molecule has 2 unspecified atom stereocenters. The zero-order chi connectivity index (χ0) is 13.3. The van der Waals surface area contributed by atoms with Crippen molar-refractivity contribution in [2.75, 3.05) is 25.0 Å². The predicted molar refractivity (Wildman–Crippen MR) is 71.2 cm³/mol. The third-order valence-electron chi connectivity index (χ3n) is 3.95. The fourth-order valence-electron chi connectivity index (χ4n) is 2.60. The van der Waals surface area contributed by atoms with E-state index < -0.39 is 0 Å². The Labute approximate surface area is 108 Å². The lowest BCUT2D eigenvalue weighted by Gasteiger charge is -2.44. The largest absolute Gasteiger partial charge is 0.391 e. The Hall–Kier alpha value is -1.13. The van der Waals surface area contributed by atoms with Crippen LogP contribution in [0, 0.1) is 5.82 Å². The summed E-state index contributed by atoms with van der Waals surface area (Å²) in [6.45, 7) is 5.80. The molecule has 18 heavy (non-hydrogen) atoms. The molecule has 100 valence electrons. The number of aliphatic hydroxyl groups is 1. The molecule has 1 aliphatic heterocycles. The van der Waals surface area contributed by atoms with Crippen LogP contribution < -0.4 is 4.90 Å². The predicted octanol–water partition coefficient (Wildman–Crippen LogP) is 1.85. The topological polar surface area (TPSA) is 26.7 Å². The van der Waals surface area contributed by atoms with Crippen molar-refractivity contribution in [3.63, 3.8) is 0 Å². The third kappa shape index (κ3) is 2.35. The molecule has 0 radical (unpaired) electrons. The third-order valence-corrected chi connectivity index (χ3v) is 3.95. The molecule has 0 saturated carbocycles. The number of aliphatic hydroxyl groups excluding tert-OH is 1. The van der Waals surface area contributed by atoms with Crippen LogP contribution in [-0.2, 0) is 6.61 Å². The molecule has 4 heteroatoms. The van der Waals surface area contributed by atoms with Gasteiger partial charge in [0, 0.05) is 36.4 Å². The van der Waals surface area contributed by atoms with Gasteiger partial charge in [-0.3, -0.25) is 4.90 Å². The highest BCUT2D eigenvalue weighted by molar-refractivity contribution is 5.54. The number of nitrogens with zero attached hydrogens (tertiary/aromatic N) is 2. The van der Waals surface area contributed by atoms with Crippen LogP contribution in [0.5, 0.6) is 0 Å². The first-order chi connectivity index (χ1) is 8.54. The number of halogens is 1. The average molecular weight is 252 g/mol. The molecular weight excluding hydrogens is 231 g/mol. The Kier molecular flexibility index (Phi) is 3.88. The van der Waals surface area contributed by atoms with Crippen molar-refractivity contribution in [3.8, 4) is 0 Å². The molecule has 2 atom stereocenters. The van der Waals surface area contributed by atoms with Crippen molar-refractivity contribution < 1.29 is 9.50 Å². The minimum absolute atomic E-state index is 0.253. The van der Waals surface area contributed by atoms with E-state index in [1.807, 2.05) is 6.07 Å². The van der Waals surface area contributed by atoms with Gasteiger partial charge in [-0.1, -0.05) is 6.07 Å². The molecule has 0 bridgehead atoms. The fourth-order valence-corrected chi connectivity index (χ4v) is 2.60. The van der Waals surface area contributed by atoms with Crippen LogP contribution in [0.4, 0.5) is 10.1 Å². The molecule has 0 amide bonds. The summed E-state index contributed by atoms with van der Waals surface area (Å²) in [5, 5.41) is 9.34. The zero-order valence-corrected chi connectivity index (χ0v) is 11.2. The van der Waals surface area contributed by atoms with Crippen LogP contribution in [-0.4, -0.2) is 42.2 Å². The van der Waals surface area contributed by atoms with E-state index in [2.05, 4.69) is 30.7 Å². The smallest absolute Gasteiger partial charge is 0.130 e. The normalized spacial score (nSPS) is 25.5. The van der Waals surface area contributed by atoms with Gasteiger partial charge in [0.25, 0.3) is 0 Å². The molecule has 0 aliphatic carbocycles. The summed E-state index contributed by atoms with van der Waals surface area (Å²) in [5.74, 6) is -0.325. The first-order valence-corrected chi connectivity index (χ1v) is 6.39. The monoisotopic (exact) mass is 252 g/mol. The van der Waals surface area contributed by atoms with Crippen LogP contribution in [0.15, 0.2) is 18.2 Å². The second kappa shape index (κ2) is 5.24. The molecule has 0 spiro atoms. The Bertz CT molecular complexity index is 412. The van der Waals surface area contributed by atoms with Crippen LogP contribution in [0.2, 0.25) is 0 Å². The molecule has 1 N–H and O–H groups in total. The summed E-state index contributed by atoms with van der Waals surface area (Å²) in [7, 11) is 2.12. The standard InChI is InChI=1S/C14H21FN2O/c1-10-7-17(8-11(2)16(10)3)14-6-4-5-13(15)12(14)9-18/h4-6,10-11,18H,7-9H2,1-3H3. The maximum absolute atomic E-state index is 13.7. The summed E-state index contributed by atoms with van der Waals surface area (Å²) < 4.78 is 13.7. The lowest BCUT2D eigenvalue weighted by Crippen LogP contribution is -2.55. The molecule has 3 nitrogen and oxygen atoms in total. The van der Waals surface area contributed by atoms with Crippen LogP contribution in [0.3, 0.4) is 0 Å².